The van der Waals surface area contributed by atoms with Crippen molar-refractivity contribution in [3.05, 3.63) is 0 Å². The topological polar surface area (TPSA) is 104 Å². The monoisotopic (exact) mass is 147 g/mol. The van der Waals surface area contributed by atoms with Gasteiger partial charge in [0.15, 0.2) is 0 Å². The molecule has 0 heterocycles. The van der Waals surface area contributed by atoms with Crippen molar-refractivity contribution in [1.29, 1.82) is 0 Å². The molecule has 5 N–H and O–H groups in total. The summed E-state index contributed by atoms with van der Waals surface area (Å²) in [7, 11) is 0. The van der Waals surface area contributed by atoms with E-state index in [0.29, 0.717) is 0 Å². The molecule has 0 aliphatic heterocycles. The van der Waals surface area contributed by atoms with Gasteiger partial charge in [-0.2, -0.15) is 0 Å². The molecule has 1 atom stereocenters. The Balaban J connectivity index is 3.72. The van der Waals surface area contributed by atoms with Gasteiger partial charge in [0.05, 0.1) is 0 Å². The number of carbonyl (C=O) groups excluding carboxylic acids is 1. The fourth-order valence-electron chi connectivity index (χ4n) is 0.376. The van der Waals surface area contributed by atoms with Crippen LogP contribution in [0.3, 0.4) is 0 Å². The van der Waals surface area contributed by atoms with E-state index in [-0.39, 0.29) is 0 Å². The molecule has 0 fully saturated rings. The highest BCUT2D eigenvalue weighted by Crippen LogP contribution is 1.78. The van der Waals surface area contributed by atoms with Crippen LogP contribution in [0.1, 0.15) is 6.92 Å². The lowest BCUT2D eigenvalue weighted by atomic mass is 10.3. The molecule has 0 spiro atoms. The SMILES string of the molecule is C[C@@H](NC(=O)O)C(=O)NN. The highest BCUT2D eigenvalue weighted by molar-refractivity contribution is 5.84. The van der Waals surface area contributed by atoms with E-state index in [2.05, 4.69) is 0 Å². The summed E-state index contributed by atoms with van der Waals surface area (Å²) in [6.45, 7) is 1.39. The Kier molecular flexibility index (Phi) is 3.20. The molecule has 6 heteroatoms. The third kappa shape index (κ3) is 2.88. The van der Waals surface area contributed by atoms with E-state index in [1.165, 1.54) is 6.92 Å². The van der Waals surface area contributed by atoms with Gasteiger partial charge in [0.2, 0.25) is 0 Å². The van der Waals surface area contributed by atoms with Gasteiger partial charge in [0.1, 0.15) is 6.04 Å². The Hall–Kier alpha value is -1.30. The molecule has 0 unspecified atom stereocenters. The first-order valence-electron chi connectivity index (χ1n) is 2.58. The van der Waals surface area contributed by atoms with Crippen molar-refractivity contribution in [1.82, 2.24) is 10.7 Å². The van der Waals surface area contributed by atoms with Crippen molar-refractivity contribution in [3.63, 3.8) is 0 Å². The molecule has 0 aromatic rings. The van der Waals surface area contributed by atoms with Crippen molar-refractivity contribution >= 4 is 12.0 Å². The smallest absolute Gasteiger partial charge is 0.405 e. The number of hydrazine groups is 1. The van der Waals surface area contributed by atoms with E-state index in [1.54, 1.807) is 5.43 Å². The standard InChI is InChI=1S/C4H9N3O3/c1-2(3(8)7-5)6-4(9)10/h2,6H,5H2,1H3,(H,7,8)(H,9,10)/t2-/m1/s1. The molecule has 0 aliphatic carbocycles. The Morgan fingerprint density at radius 1 is 1.60 bits per heavy atom. The van der Waals surface area contributed by atoms with Gasteiger partial charge < -0.3 is 10.4 Å². The van der Waals surface area contributed by atoms with Crippen LogP contribution >= 0.6 is 0 Å². The van der Waals surface area contributed by atoms with Crippen LogP contribution in [0.4, 0.5) is 4.79 Å². The molecule has 6 nitrogen and oxygen atoms in total. The molecule has 2 amide bonds. The first kappa shape index (κ1) is 8.70. The highest BCUT2D eigenvalue weighted by atomic mass is 16.4. The second-order valence-corrected chi connectivity index (χ2v) is 1.68. The lowest BCUT2D eigenvalue weighted by Crippen LogP contribution is -2.46. The maximum Gasteiger partial charge on any atom is 0.405 e. The summed E-state index contributed by atoms with van der Waals surface area (Å²) < 4.78 is 0. The summed E-state index contributed by atoms with van der Waals surface area (Å²) in [4.78, 5) is 20.4. The first-order chi connectivity index (χ1) is 4.57. The van der Waals surface area contributed by atoms with Gasteiger partial charge in [0, 0.05) is 0 Å². The average Bonchev–Trinajstić information content (AvgIpc) is 1.85. The summed E-state index contributed by atoms with van der Waals surface area (Å²) in [6, 6.07) is -0.817. The molecule has 0 aromatic carbocycles. The van der Waals surface area contributed by atoms with Crippen LogP contribution in [0.15, 0.2) is 0 Å². The van der Waals surface area contributed by atoms with Gasteiger partial charge >= 0.3 is 6.09 Å². The molecule has 0 aromatic heterocycles. The van der Waals surface area contributed by atoms with Gasteiger partial charge in [0.25, 0.3) is 5.91 Å². The number of amides is 2. The van der Waals surface area contributed by atoms with Gasteiger partial charge in [-0.05, 0) is 6.92 Å². The van der Waals surface area contributed by atoms with E-state index >= 15 is 0 Å². The maximum absolute atomic E-state index is 10.5. The molecule has 0 rings (SSSR count). The van der Waals surface area contributed by atoms with Crippen LogP contribution < -0.4 is 16.6 Å². The normalized spacial score (nSPS) is 11.8. The van der Waals surface area contributed by atoms with Crippen molar-refractivity contribution < 1.29 is 14.7 Å². The largest absolute Gasteiger partial charge is 0.465 e. The Labute approximate surface area is 57.4 Å². The molecule has 58 valence electrons. The second-order valence-electron chi connectivity index (χ2n) is 1.68. The van der Waals surface area contributed by atoms with E-state index in [4.69, 9.17) is 10.9 Å². The Morgan fingerprint density at radius 3 is 2.40 bits per heavy atom. The quantitative estimate of drug-likeness (QED) is 0.220. The summed E-state index contributed by atoms with van der Waals surface area (Å²) in [5, 5.41) is 10.0. The summed E-state index contributed by atoms with van der Waals surface area (Å²) >= 11 is 0. The number of hydrogen-bond acceptors (Lipinski definition) is 3. The zero-order chi connectivity index (χ0) is 8.15. The molecule has 10 heavy (non-hydrogen) atoms. The lowest BCUT2D eigenvalue weighted by molar-refractivity contribution is -0.122. The van der Waals surface area contributed by atoms with E-state index in [0.717, 1.165) is 0 Å². The van der Waals surface area contributed by atoms with Crippen LogP contribution in [-0.2, 0) is 4.79 Å². The Morgan fingerprint density at radius 2 is 2.10 bits per heavy atom. The van der Waals surface area contributed by atoms with Gasteiger partial charge in [-0.3, -0.25) is 10.2 Å². The summed E-state index contributed by atoms with van der Waals surface area (Å²) in [6.07, 6.45) is -1.25. The number of nitrogens with one attached hydrogen (secondary N) is 2. The van der Waals surface area contributed by atoms with Crippen molar-refractivity contribution in [2.24, 2.45) is 5.84 Å². The maximum atomic E-state index is 10.5. The molecule has 0 aliphatic rings. The number of nitrogens with two attached hydrogens (primary N) is 1. The van der Waals surface area contributed by atoms with Crippen molar-refractivity contribution in [2.75, 3.05) is 0 Å². The van der Waals surface area contributed by atoms with Gasteiger partial charge in [-0.1, -0.05) is 0 Å². The second kappa shape index (κ2) is 3.67. The average molecular weight is 147 g/mol. The predicted molar refractivity (Wildman–Crippen MR) is 33.0 cm³/mol. The van der Waals surface area contributed by atoms with E-state index in [1.807, 2.05) is 5.32 Å². The summed E-state index contributed by atoms with van der Waals surface area (Å²) in [5.74, 6) is 4.15. The Bertz CT molecular complexity index is 147. The number of carboxylic acid groups (broad SMARTS) is 1. The van der Waals surface area contributed by atoms with Crippen molar-refractivity contribution in [2.45, 2.75) is 13.0 Å². The first-order valence-corrected chi connectivity index (χ1v) is 2.58. The van der Waals surface area contributed by atoms with E-state index in [9.17, 15) is 9.59 Å². The van der Waals surface area contributed by atoms with Gasteiger partial charge in [-0.25, -0.2) is 10.6 Å². The third-order valence-corrected chi connectivity index (χ3v) is 0.876. The highest BCUT2D eigenvalue weighted by Gasteiger charge is 2.12. The third-order valence-electron chi connectivity index (χ3n) is 0.876. The molecule has 0 radical (unpaired) electrons. The zero-order valence-corrected chi connectivity index (χ0v) is 5.42. The van der Waals surface area contributed by atoms with Crippen LogP contribution in [0.2, 0.25) is 0 Å². The van der Waals surface area contributed by atoms with E-state index < -0.39 is 18.0 Å². The molecule has 0 bridgehead atoms. The fraction of sp³-hybridized carbons (Fsp3) is 0.500. The van der Waals surface area contributed by atoms with Crippen LogP contribution in [0.5, 0.6) is 0 Å². The number of carbonyl (C=O) groups is 2. The molecular weight excluding hydrogens is 138 g/mol. The number of hydrogen-bond donors (Lipinski definition) is 4. The van der Waals surface area contributed by atoms with Crippen LogP contribution in [0.25, 0.3) is 0 Å². The van der Waals surface area contributed by atoms with Crippen molar-refractivity contribution in [3.8, 4) is 0 Å². The molecule has 0 saturated heterocycles. The minimum atomic E-state index is -1.25. The van der Waals surface area contributed by atoms with Crippen LogP contribution in [0, 0.1) is 0 Å². The summed E-state index contributed by atoms with van der Waals surface area (Å²) in [5.41, 5.74) is 1.81. The molecular formula is C4H9N3O3. The lowest BCUT2D eigenvalue weighted by Gasteiger charge is -2.07. The van der Waals surface area contributed by atoms with Crippen LogP contribution in [-0.4, -0.2) is 23.1 Å². The minimum absolute atomic E-state index is 0.567. The number of rotatable bonds is 2. The minimum Gasteiger partial charge on any atom is -0.465 e. The van der Waals surface area contributed by atoms with Gasteiger partial charge in [-0.15, -0.1) is 0 Å². The predicted octanol–water partition coefficient (Wildman–Crippen LogP) is -1.37. The zero-order valence-electron chi connectivity index (χ0n) is 5.42. The fourth-order valence-corrected chi connectivity index (χ4v) is 0.376. The molecule has 0 saturated carbocycles.